The van der Waals surface area contributed by atoms with Crippen molar-refractivity contribution in [1.29, 1.82) is 0 Å². The van der Waals surface area contributed by atoms with Crippen molar-refractivity contribution in [3.8, 4) is 11.3 Å². The van der Waals surface area contributed by atoms with Crippen molar-refractivity contribution in [2.24, 2.45) is 22.7 Å². The largest absolute Gasteiger partial charge is 0.392 e. The van der Waals surface area contributed by atoms with Crippen LogP contribution in [0.3, 0.4) is 0 Å². The zero-order valence-corrected chi connectivity index (χ0v) is 24.3. The van der Waals surface area contributed by atoms with Gasteiger partial charge in [0.05, 0.1) is 17.7 Å². The standard InChI is InChI=1S/C18H16N.C13H24O2.Ir/c1-13(2)15-8-10-18-16(12-15)9-11-17(19-18)14-6-4-3-5-7-14;1-12(2)6-5-8-7-13(3,4)11(15)9(8)10(12)14;/h3-6,8-13H,1-2H3;8-11,14-15H,5-7H2,1-4H3;/q-1;;. The third-order valence-electron chi connectivity index (χ3n) is 8.19. The van der Waals surface area contributed by atoms with E-state index in [0.717, 1.165) is 36.0 Å². The molecule has 2 aliphatic rings. The fourth-order valence-corrected chi connectivity index (χ4v) is 5.87. The van der Waals surface area contributed by atoms with Crippen LogP contribution in [0.2, 0.25) is 0 Å². The van der Waals surface area contributed by atoms with Crippen molar-refractivity contribution in [2.75, 3.05) is 0 Å². The van der Waals surface area contributed by atoms with E-state index in [1.54, 1.807) is 0 Å². The van der Waals surface area contributed by atoms with Gasteiger partial charge in [-0.2, -0.15) is 0 Å². The van der Waals surface area contributed by atoms with Crippen LogP contribution in [0.1, 0.15) is 72.3 Å². The first-order valence-corrected chi connectivity index (χ1v) is 12.7. The Morgan fingerprint density at radius 1 is 0.943 bits per heavy atom. The predicted octanol–water partition coefficient (Wildman–Crippen LogP) is 7.01. The molecule has 0 bridgehead atoms. The van der Waals surface area contributed by atoms with Crippen molar-refractivity contribution in [2.45, 2.75) is 78.9 Å². The second-order valence-corrected chi connectivity index (χ2v) is 12.0. The maximum atomic E-state index is 10.3. The molecule has 3 nitrogen and oxygen atoms in total. The number of aliphatic hydroxyl groups excluding tert-OH is 2. The number of nitrogens with zero attached hydrogens (tertiary/aromatic N) is 1. The van der Waals surface area contributed by atoms with Crippen LogP contribution in [-0.4, -0.2) is 27.4 Å². The molecule has 191 valence electrons. The molecule has 5 rings (SSSR count). The first-order valence-electron chi connectivity index (χ1n) is 12.7. The van der Waals surface area contributed by atoms with E-state index in [9.17, 15) is 10.2 Å². The second-order valence-electron chi connectivity index (χ2n) is 12.0. The van der Waals surface area contributed by atoms with Gasteiger partial charge in [-0.05, 0) is 70.7 Å². The molecule has 1 heterocycles. The molecule has 35 heavy (non-hydrogen) atoms. The first kappa shape index (κ1) is 28.0. The summed E-state index contributed by atoms with van der Waals surface area (Å²) in [5, 5.41) is 21.8. The van der Waals surface area contributed by atoms with Gasteiger partial charge in [0.2, 0.25) is 0 Å². The zero-order chi connectivity index (χ0) is 24.7. The average Bonchev–Trinajstić information content (AvgIpc) is 3.05. The molecule has 0 amide bonds. The topological polar surface area (TPSA) is 53.4 Å². The first-order chi connectivity index (χ1) is 16.0. The summed E-state index contributed by atoms with van der Waals surface area (Å²) < 4.78 is 0. The summed E-state index contributed by atoms with van der Waals surface area (Å²) in [6, 6.07) is 21.9. The molecule has 0 spiro atoms. The second kappa shape index (κ2) is 10.8. The van der Waals surface area contributed by atoms with Crippen molar-refractivity contribution in [1.82, 2.24) is 4.98 Å². The van der Waals surface area contributed by atoms with E-state index in [1.807, 2.05) is 24.3 Å². The molecule has 0 saturated heterocycles. The van der Waals surface area contributed by atoms with Gasteiger partial charge in [-0.3, -0.25) is 4.98 Å². The van der Waals surface area contributed by atoms with Crippen LogP contribution in [0.25, 0.3) is 22.2 Å². The molecule has 2 aliphatic carbocycles. The van der Waals surface area contributed by atoms with E-state index in [1.165, 1.54) is 10.9 Å². The minimum absolute atomic E-state index is 0. The quantitative estimate of drug-likeness (QED) is 0.294. The van der Waals surface area contributed by atoms with Crippen molar-refractivity contribution in [3.63, 3.8) is 0 Å². The number of hydrogen-bond acceptors (Lipinski definition) is 3. The number of rotatable bonds is 2. The molecule has 2 aromatic carbocycles. The zero-order valence-electron chi connectivity index (χ0n) is 21.9. The minimum Gasteiger partial charge on any atom is -0.392 e. The van der Waals surface area contributed by atoms with Gasteiger partial charge in [-0.1, -0.05) is 59.7 Å². The molecule has 3 aromatic rings. The van der Waals surface area contributed by atoms with E-state index in [2.05, 4.69) is 77.9 Å². The maximum Gasteiger partial charge on any atom is 0.0646 e. The Hall–Kier alpha value is -1.58. The molecule has 4 atom stereocenters. The average molecular weight is 651 g/mol. The summed E-state index contributed by atoms with van der Waals surface area (Å²) >= 11 is 0. The van der Waals surface area contributed by atoms with Gasteiger partial charge in [0.25, 0.3) is 0 Å². The Morgan fingerprint density at radius 3 is 2.31 bits per heavy atom. The van der Waals surface area contributed by atoms with Gasteiger partial charge >= 0.3 is 0 Å². The van der Waals surface area contributed by atoms with Gasteiger partial charge in [0.15, 0.2) is 0 Å². The molecular formula is C31H40IrNO2-. The monoisotopic (exact) mass is 651 g/mol. The van der Waals surface area contributed by atoms with E-state index in [4.69, 9.17) is 4.98 Å². The van der Waals surface area contributed by atoms with Crippen LogP contribution >= 0.6 is 0 Å². The Balaban J connectivity index is 0.000000195. The molecule has 0 aliphatic heterocycles. The number of hydrogen-bond donors (Lipinski definition) is 2. The van der Waals surface area contributed by atoms with Gasteiger partial charge < -0.3 is 10.2 Å². The van der Waals surface area contributed by atoms with Gasteiger partial charge in [-0.25, -0.2) is 0 Å². The fourth-order valence-electron chi connectivity index (χ4n) is 5.87. The number of fused-ring (bicyclic) bond motifs is 2. The fraction of sp³-hybridized carbons (Fsp3) is 0.516. The van der Waals surface area contributed by atoms with Crippen molar-refractivity contribution >= 4 is 10.9 Å². The SMILES string of the molecule is CC(C)c1ccc2nc(-c3[c-]cccc3)ccc2c1.CC1(C)CCC2CC(C)(C)C(O)C2C1O.[Ir]. The number of pyridine rings is 1. The Labute approximate surface area is 224 Å². The van der Waals surface area contributed by atoms with Gasteiger partial charge in [0, 0.05) is 26.0 Å². The van der Waals surface area contributed by atoms with Crippen LogP contribution in [0.4, 0.5) is 0 Å². The van der Waals surface area contributed by atoms with Gasteiger partial charge in [0.1, 0.15) is 0 Å². The molecule has 1 radical (unpaired) electrons. The number of benzene rings is 2. The van der Waals surface area contributed by atoms with Crippen molar-refractivity contribution < 1.29 is 30.3 Å². The van der Waals surface area contributed by atoms with Crippen molar-refractivity contribution in [3.05, 3.63) is 66.2 Å². The maximum absolute atomic E-state index is 10.3. The van der Waals surface area contributed by atoms with E-state index in [0.29, 0.717) is 11.8 Å². The summed E-state index contributed by atoms with van der Waals surface area (Å²) in [5.41, 5.74) is 4.37. The summed E-state index contributed by atoms with van der Waals surface area (Å²) in [6.45, 7) is 12.9. The molecule has 4 heteroatoms. The summed E-state index contributed by atoms with van der Waals surface area (Å²) in [6.07, 6.45) is 2.63. The molecular weight excluding hydrogens is 611 g/mol. The Kier molecular flexibility index (Phi) is 8.64. The predicted molar refractivity (Wildman–Crippen MR) is 141 cm³/mol. The number of aliphatic hydroxyl groups is 2. The van der Waals surface area contributed by atoms with Crippen LogP contribution in [0, 0.1) is 28.7 Å². The van der Waals surface area contributed by atoms with Gasteiger partial charge in [-0.15, -0.1) is 35.9 Å². The van der Waals surface area contributed by atoms with Crippen LogP contribution < -0.4 is 0 Å². The molecule has 1 aromatic heterocycles. The molecule has 2 N–H and O–H groups in total. The normalized spacial score (nSPS) is 26.4. The van der Waals surface area contributed by atoms with E-state index < -0.39 is 0 Å². The van der Waals surface area contributed by atoms with E-state index in [-0.39, 0.29) is 49.1 Å². The van der Waals surface area contributed by atoms with Crippen LogP contribution in [0.15, 0.2) is 54.6 Å². The van der Waals surface area contributed by atoms with E-state index >= 15 is 0 Å². The number of aromatic nitrogens is 1. The molecule has 4 unspecified atom stereocenters. The third kappa shape index (κ3) is 5.88. The summed E-state index contributed by atoms with van der Waals surface area (Å²) in [4.78, 5) is 4.71. The molecule has 2 fully saturated rings. The van der Waals surface area contributed by atoms with Crippen LogP contribution in [-0.2, 0) is 20.1 Å². The summed E-state index contributed by atoms with van der Waals surface area (Å²) in [7, 11) is 0. The summed E-state index contributed by atoms with van der Waals surface area (Å²) in [5.74, 6) is 1.17. The Morgan fingerprint density at radius 2 is 1.66 bits per heavy atom. The smallest absolute Gasteiger partial charge is 0.0646 e. The molecule has 2 saturated carbocycles. The minimum atomic E-state index is -0.340. The third-order valence-corrected chi connectivity index (χ3v) is 8.19. The van der Waals surface area contributed by atoms with Crippen LogP contribution in [0.5, 0.6) is 0 Å². The Bertz CT molecular complexity index is 1120.